The van der Waals surface area contributed by atoms with Crippen LogP contribution in [0.4, 0.5) is 0 Å². The minimum atomic E-state index is 0.361. The second-order valence-electron chi connectivity index (χ2n) is 2.87. The van der Waals surface area contributed by atoms with E-state index in [0.29, 0.717) is 5.92 Å². The molecular weight excluding hydrogens is 136 g/mol. The van der Waals surface area contributed by atoms with Crippen molar-refractivity contribution in [3.8, 4) is 0 Å². The Kier molecular flexibility index (Phi) is 5.75. The Balaban J connectivity index is 3.24. The first kappa shape index (κ1) is 10.4. The van der Waals surface area contributed by atoms with Crippen LogP contribution in [-0.4, -0.2) is 18.8 Å². The van der Waals surface area contributed by atoms with E-state index < -0.39 is 0 Å². The third kappa shape index (κ3) is 5.80. The molecule has 0 aliphatic carbocycles. The van der Waals surface area contributed by atoms with Gasteiger partial charge in [0.2, 0.25) is 0 Å². The minimum absolute atomic E-state index is 0.361. The maximum absolute atomic E-state index is 7.32. The number of nitrogens with one attached hydrogen (secondary N) is 2. The summed E-state index contributed by atoms with van der Waals surface area (Å²) in [6.07, 6.45) is 2.90. The number of hydrogen-bond donors (Lipinski definition) is 2. The normalized spacial score (nSPS) is 12.5. The van der Waals surface area contributed by atoms with Gasteiger partial charge in [0, 0.05) is 18.2 Å². The molecule has 0 bridgehead atoms. The van der Waals surface area contributed by atoms with E-state index in [-0.39, 0.29) is 0 Å². The predicted molar refractivity (Wildman–Crippen MR) is 50.2 cm³/mol. The van der Waals surface area contributed by atoms with Gasteiger partial charge in [-0.1, -0.05) is 13.0 Å². The molecule has 0 saturated heterocycles. The molecule has 0 aliphatic heterocycles. The zero-order chi connectivity index (χ0) is 8.69. The summed E-state index contributed by atoms with van der Waals surface area (Å²) in [7, 11) is 0. The van der Waals surface area contributed by atoms with E-state index in [1.807, 2.05) is 13.0 Å². The Labute approximate surface area is 69.2 Å². The molecule has 2 nitrogen and oxygen atoms in total. The van der Waals surface area contributed by atoms with E-state index in [4.69, 9.17) is 5.41 Å². The molecule has 0 fully saturated rings. The van der Waals surface area contributed by atoms with E-state index in [1.165, 1.54) is 0 Å². The summed E-state index contributed by atoms with van der Waals surface area (Å²) in [5, 5.41) is 10.6. The summed E-state index contributed by atoms with van der Waals surface area (Å²) < 4.78 is 0. The summed E-state index contributed by atoms with van der Waals surface area (Å²) in [6.45, 7) is 9.42. The van der Waals surface area contributed by atoms with Crippen LogP contribution in [0.2, 0.25) is 0 Å². The molecule has 0 aromatic carbocycles. The van der Waals surface area contributed by atoms with Gasteiger partial charge in [0.1, 0.15) is 0 Å². The molecule has 11 heavy (non-hydrogen) atoms. The van der Waals surface area contributed by atoms with E-state index in [2.05, 4.69) is 18.8 Å². The molecule has 0 radical (unpaired) electrons. The molecule has 64 valence electrons. The third-order valence-corrected chi connectivity index (χ3v) is 1.71. The monoisotopic (exact) mass is 154 g/mol. The van der Waals surface area contributed by atoms with Crippen molar-refractivity contribution in [1.82, 2.24) is 5.32 Å². The van der Waals surface area contributed by atoms with Crippen LogP contribution in [0.15, 0.2) is 12.7 Å². The second-order valence-corrected chi connectivity index (χ2v) is 2.87. The quantitative estimate of drug-likeness (QED) is 0.342. The molecule has 1 atom stereocenters. The summed E-state index contributed by atoms with van der Waals surface area (Å²) in [4.78, 5) is 0. The largest absolute Gasteiger partial charge is 0.316 e. The van der Waals surface area contributed by atoms with Gasteiger partial charge in [-0.25, -0.2) is 0 Å². The van der Waals surface area contributed by atoms with Crippen LogP contribution >= 0.6 is 0 Å². The molecular formula is C9H18N2. The molecule has 0 saturated carbocycles. The summed E-state index contributed by atoms with van der Waals surface area (Å²) in [5.41, 5.74) is 0.746. The Morgan fingerprint density at radius 3 is 2.82 bits per heavy atom. The average Bonchev–Trinajstić information content (AvgIpc) is 1.97. The highest BCUT2D eigenvalue weighted by Gasteiger charge is 2.01. The maximum atomic E-state index is 7.32. The van der Waals surface area contributed by atoms with Gasteiger partial charge in [-0.05, 0) is 19.9 Å². The van der Waals surface area contributed by atoms with Gasteiger partial charge in [0.25, 0.3) is 0 Å². The van der Waals surface area contributed by atoms with Crippen LogP contribution < -0.4 is 5.32 Å². The molecule has 2 heteroatoms. The lowest BCUT2D eigenvalue weighted by Gasteiger charge is -2.09. The lowest BCUT2D eigenvalue weighted by molar-refractivity contribution is 0.616. The molecule has 1 unspecified atom stereocenters. The van der Waals surface area contributed by atoms with E-state index >= 15 is 0 Å². The summed E-state index contributed by atoms with van der Waals surface area (Å²) in [6, 6.07) is 0. The van der Waals surface area contributed by atoms with Crippen molar-refractivity contribution < 1.29 is 0 Å². The zero-order valence-electron chi connectivity index (χ0n) is 7.48. The Morgan fingerprint density at radius 2 is 2.36 bits per heavy atom. The lowest BCUT2D eigenvalue weighted by atomic mass is 10.1. The molecule has 0 aromatic heterocycles. The minimum Gasteiger partial charge on any atom is -0.316 e. The van der Waals surface area contributed by atoms with Gasteiger partial charge in [0.05, 0.1) is 0 Å². The van der Waals surface area contributed by atoms with Gasteiger partial charge in [-0.15, -0.1) is 6.58 Å². The Hall–Kier alpha value is -0.630. The highest BCUT2D eigenvalue weighted by molar-refractivity contribution is 5.80. The van der Waals surface area contributed by atoms with Crippen molar-refractivity contribution in [2.45, 2.75) is 20.3 Å². The summed E-state index contributed by atoms with van der Waals surface area (Å²) >= 11 is 0. The molecule has 0 amide bonds. The average molecular weight is 154 g/mol. The Bertz CT molecular complexity index is 130. The number of rotatable bonds is 6. The number of hydrogen-bond acceptors (Lipinski definition) is 2. The molecule has 0 spiro atoms. The van der Waals surface area contributed by atoms with E-state index in [9.17, 15) is 0 Å². The second kappa shape index (κ2) is 6.10. The third-order valence-electron chi connectivity index (χ3n) is 1.71. The van der Waals surface area contributed by atoms with Gasteiger partial charge in [0.15, 0.2) is 0 Å². The summed E-state index contributed by atoms with van der Waals surface area (Å²) in [5.74, 6) is 0.361. The van der Waals surface area contributed by atoms with Crippen molar-refractivity contribution in [3.05, 3.63) is 12.7 Å². The fraction of sp³-hybridized carbons (Fsp3) is 0.667. The smallest absolute Gasteiger partial charge is 0.00990 e. The Morgan fingerprint density at radius 1 is 1.73 bits per heavy atom. The highest BCUT2D eigenvalue weighted by atomic mass is 14.9. The fourth-order valence-electron chi connectivity index (χ4n) is 0.676. The first-order chi connectivity index (χ1) is 5.18. The van der Waals surface area contributed by atoms with Crippen LogP contribution in [0, 0.1) is 11.3 Å². The van der Waals surface area contributed by atoms with Gasteiger partial charge < -0.3 is 10.7 Å². The first-order valence-corrected chi connectivity index (χ1v) is 4.05. The predicted octanol–water partition coefficient (Wildman–Crippen LogP) is 1.83. The SMILES string of the molecule is C=CCCNCC(C)C(C)=N. The van der Waals surface area contributed by atoms with Gasteiger partial charge in [-0.3, -0.25) is 0 Å². The highest BCUT2D eigenvalue weighted by Crippen LogP contribution is 1.93. The fourth-order valence-corrected chi connectivity index (χ4v) is 0.676. The van der Waals surface area contributed by atoms with E-state index in [1.54, 1.807) is 0 Å². The van der Waals surface area contributed by atoms with Crippen molar-refractivity contribution in [2.24, 2.45) is 5.92 Å². The van der Waals surface area contributed by atoms with Crippen LogP contribution in [0.1, 0.15) is 20.3 Å². The molecule has 0 rings (SSSR count). The van der Waals surface area contributed by atoms with E-state index in [0.717, 1.165) is 25.2 Å². The first-order valence-electron chi connectivity index (χ1n) is 4.05. The maximum Gasteiger partial charge on any atom is 0.00990 e. The standard InChI is InChI=1S/C9H18N2/c1-4-5-6-11-7-8(2)9(3)10/h4,8,10-11H,1,5-7H2,2-3H3. The molecule has 0 aromatic rings. The van der Waals surface area contributed by atoms with Crippen LogP contribution in [0.25, 0.3) is 0 Å². The molecule has 0 aliphatic rings. The van der Waals surface area contributed by atoms with Gasteiger partial charge in [-0.2, -0.15) is 0 Å². The van der Waals surface area contributed by atoms with Crippen molar-refractivity contribution >= 4 is 5.71 Å². The van der Waals surface area contributed by atoms with Crippen molar-refractivity contribution in [2.75, 3.05) is 13.1 Å². The van der Waals surface area contributed by atoms with Crippen LogP contribution in [0.3, 0.4) is 0 Å². The zero-order valence-corrected chi connectivity index (χ0v) is 7.48. The van der Waals surface area contributed by atoms with Crippen molar-refractivity contribution in [3.63, 3.8) is 0 Å². The molecule has 2 N–H and O–H groups in total. The van der Waals surface area contributed by atoms with Crippen molar-refractivity contribution in [1.29, 1.82) is 5.41 Å². The van der Waals surface area contributed by atoms with Crippen LogP contribution in [0.5, 0.6) is 0 Å². The topological polar surface area (TPSA) is 35.9 Å². The van der Waals surface area contributed by atoms with Crippen LogP contribution in [-0.2, 0) is 0 Å². The molecule has 0 heterocycles. The van der Waals surface area contributed by atoms with Gasteiger partial charge >= 0.3 is 0 Å². The lowest BCUT2D eigenvalue weighted by Crippen LogP contribution is -2.25.